The fourth-order valence-corrected chi connectivity index (χ4v) is 3.46. The first-order valence-corrected chi connectivity index (χ1v) is 8.50. The molecule has 128 valence electrons. The van der Waals surface area contributed by atoms with Crippen LogP contribution in [0.1, 0.15) is 0 Å². The minimum absolute atomic E-state index is 0.0881. The highest BCUT2D eigenvalue weighted by atomic mass is 35.5. The molecule has 0 unspecified atom stereocenters. The van der Waals surface area contributed by atoms with Crippen LogP contribution in [0.2, 0.25) is 10.0 Å². The van der Waals surface area contributed by atoms with Gasteiger partial charge in [0.2, 0.25) is 5.95 Å². The van der Waals surface area contributed by atoms with Gasteiger partial charge in [0.25, 0.3) is 5.56 Å². The number of fused-ring (bicyclic) bond motifs is 1. The minimum Gasteiger partial charge on any atom is -0.368 e. The molecule has 0 atom stereocenters. The molecule has 0 aliphatic carbocycles. The molecule has 2 heterocycles. The number of nitrogens with two attached hydrogens (primary N) is 1. The van der Waals surface area contributed by atoms with E-state index in [1.807, 2.05) is 30.3 Å². The molecule has 26 heavy (non-hydrogen) atoms. The van der Waals surface area contributed by atoms with Crippen LogP contribution >= 0.6 is 23.2 Å². The Bertz CT molecular complexity index is 1170. The van der Waals surface area contributed by atoms with Crippen LogP contribution < -0.4 is 11.3 Å². The molecule has 0 saturated carbocycles. The normalized spacial score (nSPS) is 11.0. The predicted octanol–water partition coefficient (Wildman–Crippen LogP) is 4.34. The summed E-state index contributed by atoms with van der Waals surface area (Å²) in [4.78, 5) is 21.6. The van der Waals surface area contributed by atoms with E-state index in [9.17, 15) is 4.79 Å². The molecule has 7 heteroatoms. The lowest BCUT2D eigenvalue weighted by atomic mass is 10.1. The summed E-state index contributed by atoms with van der Waals surface area (Å²) in [5.74, 6) is 0.0881. The van der Waals surface area contributed by atoms with Crippen LogP contribution in [0.25, 0.3) is 27.8 Å². The van der Waals surface area contributed by atoms with Gasteiger partial charge >= 0.3 is 0 Å². The van der Waals surface area contributed by atoms with Gasteiger partial charge in [0, 0.05) is 17.1 Å². The van der Waals surface area contributed by atoms with Gasteiger partial charge in [-0.3, -0.25) is 9.36 Å². The number of halogens is 2. The number of nitrogen functional groups attached to an aromatic ring is 1. The zero-order chi connectivity index (χ0) is 18.3. The average Bonchev–Trinajstić information content (AvgIpc) is 2.63. The van der Waals surface area contributed by atoms with Crippen LogP contribution in [-0.4, -0.2) is 14.5 Å². The Morgan fingerprint density at radius 1 is 0.962 bits per heavy atom. The number of para-hydroxylation sites is 1. The fourth-order valence-electron chi connectivity index (χ4n) is 2.86. The topological polar surface area (TPSA) is 73.8 Å². The van der Waals surface area contributed by atoms with Gasteiger partial charge in [0.05, 0.1) is 21.3 Å². The number of pyridine rings is 1. The molecule has 0 fully saturated rings. The van der Waals surface area contributed by atoms with Gasteiger partial charge in [-0.05, 0) is 30.3 Å². The summed E-state index contributed by atoms with van der Waals surface area (Å²) >= 11 is 12.7. The van der Waals surface area contributed by atoms with Crippen molar-refractivity contribution in [3.63, 3.8) is 0 Å². The maximum Gasteiger partial charge on any atom is 0.264 e. The molecule has 5 nitrogen and oxygen atoms in total. The third-order valence-corrected chi connectivity index (χ3v) is 4.64. The highest BCUT2D eigenvalue weighted by molar-refractivity contribution is 6.39. The molecule has 0 spiro atoms. The smallest absolute Gasteiger partial charge is 0.264 e. The molecule has 2 aromatic heterocycles. The molecule has 4 aromatic rings. The molecule has 0 amide bonds. The van der Waals surface area contributed by atoms with E-state index >= 15 is 0 Å². The maximum atomic E-state index is 13.3. The number of benzene rings is 2. The second-order valence-electron chi connectivity index (χ2n) is 5.64. The molecule has 0 bridgehead atoms. The first-order chi connectivity index (χ1) is 12.6. The molecular weight excluding hydrogens is 371 g/mol. The number of hydrogen-bond donors (Lipinski definition) is 1. The van der Waals surface area contributed by atoms with Gasteiger partial charge in [0.15, 0.2) is 5.65 Å². The third-order valence-electron chi connectivity index (χ3n) is 4.01. The van der Waals surface area contributed by atoms with Crippen LogP contribution in [0.3, 0.4) is 0 Å². The standard InChI is InChI=1S/C19H12Cl2N4O/c20-14-7-4-8-15(21)16(14)13-9-11-10-23-19(22)24-17(11)25(18(13)26)12-5-2-1-3-6-12/h1-10H,(H2,22,23,24). The van der Waals surface area contributed by atoms with Gasteiger partial charge in [-0.1, -0.05) is 47.5 Å². The summed E-state index contributed by atoms with van der Waals surface area (Å²) in [6.07, 6.45) is 1.57. The first-order valence-electron chi connectivity index (χ1n) is 7.74. The Kier molecular flexibility index (Phi) is 4.11. The lowest BCUT2D eigenvalue weighted by Gasteiger charge is -2.14. The maximum absolute atomic E-state index is 13.3. The summed E-state index contributed by atoms with van der Waals surface area (Å²) in [5.41, 5.74) is 7.36. The highest BCUT2D eigenvalue weighted by Crippen LogP contribution is 2.34. The van der Waals surface area contributed by atoms with E-state index in [2.05, 4.69) is 9.97 Å². The Hall–Kier alpha value is -2.89. The summed E-state index contributed by atoms with van der Waals surface area (Å²) in [5, 5.41) is 1.43. The van der Waals surface area contributed by atoms with Crippen LogP contribution in [0.4, 0.5) is 5.95 Å². The predicted molar refractivity (Wildman–Crippen MR) is 105 cm³/mol. The number of anilines is 1. The average molecular weight is 383 g/mol. The Morgan fingerprint density at radius 2 is 1.65 bits per heavy atom. The van der Waals surface area contributed by atoms with Crippen molar-refractivity contribution in [1.29, 1.82) is 0 Å². The minimum atomic E-state index is -0.295. The van der Waals surface area contributed by atoms with Crippen molar-refractivity contribution in [2.24, 2.45) is 0 Å². The molecule has 0 aliphatic rings. The van der Waals surface area contributed by atoms with Crippen LogP contribution in [0, 0.1) is 0 Å². The zero-order valence-corrected chi connectivity index (χ0v) is 14.9. The van der Waals surface area contributed by atoms with E-state index in [-0.39, 0.29) is 11.5 Å². The number of rotatable bonds is 2. The molecule has 0 saturated heterocycles. The van der Waals surface area contributed by atoms with Crippen molar-refractivity contribution in [3.8, 4) is 16.8 Å². The lowest BCUT2D eigenvalue weighted by molar-refractivity contribution is 1.01. The van der Waals surface area contributed by atoms with Crippen LogP contribution in [-0.2, 0) is 0 Å². The molecule has 0 radical (unpaired) electrons. The van der Waals surface area contributed by atoms with E-state index in [0.29, 0.717) is 37.9 Å². The van der Waals surface area contributed by atoms with E-state index in [0.717, 1.165) is 0 Å². The van der Waals surface area contributed by atoms with Crippen LogP contribution in [0.15, 0.2) is 65.6 Å². The number of aromatic nitrogens is 3. The highest BCUT2D eigenvalue weighted by Gasteiger charge is 2.18. The van der Waals surface area contributed by atoms with Crippen molar-refractivity contribution in [3.05, 3.63) is 81.2 Å². The summed E-state index contributed by atoms with van der Waals surface area (Å²) in [6.45, 7) is 0. The van der Waals surface area contributed by atoms with Crippen molar-refractivity contribution >= 4 is 40.2 Å². The fraction of sp³-hybridized carbons (Fsp3) is 0. The largest absolute Gasteiger partial charge is 0.368 e. The van der Waals surface area contributed by atoms with E-state index in [1.54, 1.807) is 30.5 Å². The Balaban J connectivity index is 2.17. The SMILES string of the molecule is Nc1ncc2cc(-c3c(Cl)cccc3Cl)c(=O)n(-c3ccccc3)c2n1. The Labute approximate surface area is 158 Å². The Morgan fingerprint density at radius 3 is 2.35 bits per heavy atom. The van der Waals surface area contributed by atoms with Gasteiger partial charge in [0.1, 0.15) is 0 Å². The van der Waals surface area contributed by atoms with Gasteiger partial charge < -0.3 is 5.73 Å². The van der Waals surface area contributed by atoms with Crippen molar-refractivity contribution in [2.45, 2.75) is 0 Å². The molecule has 2 N–H and O–H groups in total. The quantitative estimate of drug-likeness (QED) is 0.559. The van der Waals surface area contributed by atoms with Crippen molar-refractivity contribution in [1.82, 2.24) is 14.5 Å². The van der Waals surface area contributed by atoms with E-state index < -0.39 is 0 Å². The van der Waals surface area contributed by atoms with Gasteiger partial charge in [-0.15, -0.1) is 0 Å². The first kappa shape index (κ1) is 16.6. The molecule has 0 aliphatic heterocycles. The molecule has 2 aromatic carbocycles. The summed E-state index contributed by atoms with van der Waals surface area (Å²) in [7, 11) is 0. The van der Waals surface area contributed by atoms with Crippen molar-refractivity contribution < 1.29 is 0 Å². The van der Waals surface area contributed by atoms with E-state index in [4.69, 9.17) is 28.9 Å². The number of hydrogen-bond acceptors (Lipinski definition) is 4. The zero-order valence-electron chi connectivity index (χ0n) is 13.4. The van der Waals surface area contributed by atoms with E-state index in [1.165, 1.54) is 4.57 Å². The van der Waals surface area contributed by atoms with Gasteiger partial charge in [-0.25, -0.2) is 4.98 Å². The number of nitrogens with zero attached hydrogens (tertiary/aromatic N) is 3. The molecular formula is C19H12Cl2N4O. The third kappa shape index (κ3) is 2.71. The van der Waals surface area contributed by atoms with Crippen molar-refractivity contribution in [2.75, 3.05) is 5.73 Å². The summed E-state index contributed by atoms with van der Waals surface area (Å²) in [6, 6.07) is 16.0. The lowest BCUT2D eigenvalue weighted by Crippen LogP contribution is -2.22. The van der Waals surface area contributed by atoms with Crippen LogP contribution in [0.5, 0.6) is 0 Å². The summed E-state index contributed by atoms with van der Waals surface area (Å²) < 4.78 is 1.49. The second-order valence-corrected chi connectivity index (χ2v) is 6.45. The van der Waals surface area contributed by atoms with Gasteiger partial charge in [-0.2, -0.15) is 4.98 Å². The molecule has 4 rings (SSSR count). The monoisotopic (exact) mass is 382 g/mol. The second kappa shape index (κ2) is 6.44.